The van der Waals surface area contributed by atoms with Gasteiger partial charge in [0.05, 0.1) is 0 Å². The Labute approximate surface area is 75.1 Å². The Morgan fingerprint density at radius 1 is 1.42 bits per heavy atom. The average Bonchev–Trinajstić information content (AvgIpc) is 2.01. The van der Waals surface area contributed by atoms with E-state index in [1.807, 2.05) is 0 Å². The summed E-state index contributed by atoms with van der Waals surface area (Å²) in [4.78, 5) is 0. The summed E-state index contributed by atoms with van der Waals surface area (Å²) < 4.78 is 50.6. The number of hydrogen-bond acceptors (Lipinski definition) is 0. The highest BCUT2D eigenvalue weighted by molar-refractivity contribution is 9.09. The molecular weight excluding hydrogens is 240 g/mol. The first-order chi connectivity index (χ1) is 5.49. The summed E-state index contributed by atoms with van der Waals surface area (Å²) in [6.07, 6.45) is -1.55. The molecule has 0 aliphatic heterocycles. The molecular formula is C7H5BrF4. The first-order valence-corrected chi connectivity index (χ1v) is 4.27. The lowest BCUT2D eigenvalue weighted by Crippen LogP contribution is -2.35. The monoisotopic (exact) mass is 244 g/mol. The lowest BCUT2D eigenvalue weighted by atomic mass is 9.97. The smallest absolute Gasteiger partial charge is 0.176 e. The zero-order valence-corrected chi connectivity index (χ0v) is 7.41. The third kappa shape index (κ3) is 1.55. The fourth-order valence-electron chi connectivity index (χ4n) is 0.818. The second-order valence-corrected chi connectivity index (χ2v) is 3.03. The summed E-state index contributed by atoms with van der Waals surface area (Å²) in [5, 5.41) is -0.404. The van der Waals surface area contributed by atoms with Crippen LogP contribution in [0.15, 0.2) is 23.8 Å². The standard InChI is InChI=1S/C7H5BrF4/c8-3-7(12)2-5(10)4(9)1-6(7)11/h1-2,6H,3H2. The summed E-state index contributed by atoms with van der Waals surface area (Å²) in [6.45, 7) is 0. The van der Waals surface area contributed by atoms with Crippen LogP contribution in [0.4, 0.5) is 17.6 Å². The maximum Gasteiger partial charge on any atom is 0.176 e. The fraction of sp³-hybridized carbons (Fsp3) is 0.429. The molecule has 1 rings (SSSR count). The van der Waals surface area contributed by atoms with E-state index in [0.717, 1.165) is 0 Å². The van der Waals surface area contributed by atoms with E-state index >= 15 is 0 Å². The molecule has 0 spiro atoms. The van der Waals surface area contributed by atoms with E-state index in [2.05, 4.69) is 15.9 Å². The summed E-state index contributed by atoms with van der Waals surface area (Å²) in [5.74, 6) is -2.71. The van der Waals surface area contributed by atoms with Crippen LogP contribution < -0.4 is 0 Å². The second kappa shape index (κ2) is 3.20. The van der Waals surface area contributed by atoms with Crippen molar-refractivity contribution in [3.63, 3.8) is 0 Å². The molecule has 1 aliphatic rings. The number of hydrogen-bond donors (Lipinski definition) is 0. The third-order valence-electron chi connectivity index (χ3n) is 1.55. The molecule has 0 radical (unpaired) electrons. The van der Waals surface area contributed by atoms with E-state index in [1.54, 1.807) is 0 Å². The van der Waals surface area contributed by atoms with Crippen LogP contribution >= 0.6 is 15.9 Å². The highest BCUT2D eigenvalue weighted by atomic mass is 79.9. The maximum atomic E-state index is 13.2. The van der Waals surface area contributed by atoms with E-state index in [-0.39, 0.29) is 6.08 Å². The molecule has 0 amide bonds. The van der Waals surface area contributed by atoms with Crippen molar-refractivity contribution in [3.8, 4) is 0 Å². The predicted octanol–water partition coefficient (Wildman–Crippen LogP) is 3.15. The normalized spacial score (nSPS) is 35.9. The third-order valence-corrected chi connectivity index (χ3v) is 2.41. The molecule has 2 atom stereocenters. The molecule has 2 unspecified atom stereocenters. The van der Waals surface area contributed by atoms with Crippen LogP contribution in [0, 0.1) is 0 Å². The van der Waals surface area contributed by atoms with Crippen LogP contribution in [0.5, 0.6) is 0 Å². The molecule has 0 heterocycles. The topological polar surface area (TPSA) is 0 Å². The number of alkyl halides is 3. The molecule has 0 saturated carbocycles. The van der Waals surface area contributed by atoms with Crippen LogP contribution in [0.3, 0.4) is 0 Å². The van der Waals surface area contributed by atoms with Crippen LogP contribution in [0.1, 0.15) is 0 Å². The highest BCUT2D eigenvalue weighted by Crippen LogP contribution is 2.34. The Hall–Kier alpha value is -0.320. The second-order valence-electron chi connectivity index (χ2n) is 2.47. The number of rotatable bonds is 1. The summed E-state index contributed by atoms with van der Waals surface area (Å²) >= 11 is 2.68. The van der Waals surface area contributed by atoms with Crippen molar-refractivity contribution in [2.75, 3.05) is 5.33 Å². The lowest BCUT2D eigenvalue weighted by Gasteiger charge is -2.24. The minimum absolute atomic E-state index is 0.288. The van der Waals surface area contributed by atoms with E-state index < -0.39 is 28.8 Å². The Kier molecular flexibility index (Phi) is 2.61. The molecule has 0 fully saturated rings. The molecule has 0 aromatic carbocycles. The van der Waals surface area contributed by atoms with Gasteiger partial charge < -0.3 is 0 Å². The molecule has 0 N–H and O–H groups in total. The van der Waals surface area contributed by atoms with Gasteiger partial charge in [-0.15, -0.1) is 0 Å². The molecule has 5 heteroatoms. The maximum absolute atomic E-state index is 13.2. The molecule has 0 saturated heterocycles. The summed E-state index contributed by atoms with van der Waals surface area (Å²) in [7, 11) is 0. The van der Waals surface area contributed by atoms with Gasteiger partial charge in [0.25, 0.3) is 0 Å². The first-order valence-electron chi connectivity index (χ1n) is 3.14. The fourth-order valence-corrected chi connectivity index (χ4v) is 1.29. The van der Waals surface area contributed by atoms with Crippen molar-refractivity contribution >= 4 is 15.9 Å². The van der Waals surface area contributed by atoms with Crippen molar-refractivity contribution in [1.82, 2.24) is 0 Å². The van der Waals surface area contributed by atoms with Crippen molar-refractivity contribution in [3.05, 3.63) is 23.8 Å². The average molecular weight is 245 g/mol. The zero-order valence-electron chi connectivity index (χ0n) is 5.83. The van der Waals surface area contributed by atoms with Gasteiger partial charge in [-0.25, -0.2) is 17.6 Å². The van der Waals surface area contributed by atoms with Gasteiger partial charge in [-0.3, -0.25) is 0 Å². The van der Waals surface area contributed by atoms with Gasteiger partial charge in [0, 0.05) is 5.33 Å². The van der Waals surface area contributed by atoms with Gasteiger partial charge in [-0.1, -0.05) is 15.9 Å². The minimum atomic E-state index is -2.47. The van der Waals surface area contributed by atoms with Crippen molar-refractivity contribution in [2.45, 2.75) is 11.8 Å². The Bertz CT molecular complexity index is 248. The van der Waals surface area contributed by atoms with Gasteiger partial charge in [0.1, 0.15) is 0 Å². The van der Waals surface area contributed by atoms with Gasteiger partial charge >= 0.3 is 0 Å². The van der Waals surface area contributed by atoms with Crippen LogP contribution in [0.25, 0.3) is 0 Å². The predicted molar refractivity (Wildman–Crippen MR) is 40.9 cm³/mol. The molecule has 0 aromatic rings. The molecule has 0 nitrogen and oxygen atoms in total. The Morgan fingerprint density at radius 2 is 2.00 bits per heavy atom. The quantitative estimate of drug-likeness (QED) is 0.491. The van der Waals surface area contributed by atoms with Crippen LogP contribution in [-0.2, 0) is 0 Å². The number of allylic oxidation sites excluding steroid dienone is 4. The van der Waals surface area contributed by atoms with Gasteiger partial charge in [0.2, 0.25) is 0 Å². The molecule has 0 bridgehead atoms. The largest absolute Gasteiger partial charge is 0.239 e. The van der Waals surface area contributed by atoms with E-state index in [1.165, 1.54) is 0 Å². The molecule has 12 heavy (non-hydrogen) atoms. The van der Waals surface area contributed by atoms with E-state index in [9.17, 15) is 17.6 Å². The first kappa shape index (κ1) is 9.77. The number of halogens is 5. The van der Waals surface area contributed by atoms with E-state index in [0.29, 0.717) is 6.08 Å². The van der Waals surface area contributed by atoms with Gasteiger partial charge in [-0.2, -0.15) is 0 Å². The lowest BCUT2D eigenvalue weighted by molar-refractivity contribution is 0.143. The van der Waals surface area contributed by atoms with Crippen LogP contribution in [-0.4, -0.2) is 17.2 Å². The van der Waals surface area contributed by atoms with Gasteiger partial charge in [0.15, 0.2) is 23.5 Å². The van der Waals surface area contributed by atoms with Gasteiger partial charge in [-0.05, 0) is 12.2 Å². The van der Waals surface area contributed by atoms with Crippen LogP contribution in [0.2, 0.25) is 0 Å². The Balaban J connectivity index is 2.99. The van der Waals surface area contributed by atoms with Crippen molar-refractivity contribution < 1.29 is 17.6 Å². The molecule has 1 aliphatic carbocycles. The zero-order chi connectivity index (χ0) is 9.35. The Morgan fingerprint density at radius 3 is 2.50 bits per heavy atom. The molecule has 0 aromatic heterocycles. The van der Waals surface area contributed by atoms with Crippen molar-refractivity contribution in [2.24, 2.45) is 0 Å². The van der Waals surface area contributed by atoms with Crippen molar-refractivity contribution in [1.29, 1.82) is 0 Å². The minimum Gasteiger partial charge on any atom is -0.239 e. The van der Waals surface area contributed by atoms with E-state index in [4.69, 9.17) is 0 Å². The summed E-state index contributed by atoms with van der Waals surface area (Å²) in [5.41, 5.74) is -2.47. The molecule has 68 valence electrons. The summed E-state index contributed by atoms with van der Waals surface area (Å²) in [6, 6.07) is 0. The highest BCUT2D eigenvalue weighted by Gasteiger charge is 2.40. The SMILES string of the molecule is FC1=CC(F)C(F)(CBr)C=C1F.